The minimum absolute atomic E-state index is 0.464. The zero-order chi connectivity index (χ0) is 14.2. The Morgan fingerprint density at radius 2 is 1.80 bits per heavy atom. The maximum absolute atomic E-state index is 6.22. The highest BCUT2D eigenvalue weighted by atomic mass is 35.5. The molecule has 4 heteroatoms. The minimum atomic E-state index is 0.464. The van der Waals surface area contributed by atoms with E-state index in [4.69, 9.17) is 23.2 Å². The SMILES string of the molecule is Cc1cc(Cl)nc(Cl)c1NC1CCC2(CCCC2)CC1. The molecule has 2 saturated carbocycles. The van der Waals surface area contributed by atoms with Crippen molar-refractivity contribution < 1.29 is 0 Å². The van der Waals surface area contributed by atoms with Crippen LogP contribution >= 0.6 is 23.2 Å². The first-order chi connectivity index (χ1) is 9.58. The fourth-order valence-corrected chi connectivity index (χ4v) is 4.56. The lowest BCUT2D eigenvalue weighted by atomic mass is 9.71. The topological polar surface area (TPSA) is 24.9 Å². The molecule has 1 aromatic heterocycles. The predicted molar refractivity (Wildman–Crippen MR) is 85.8 cm³/mol. The highest BCUT2D eigenvalue weighted by molar-refractivity contribution is 6.34. The monoisotopic (exact) mass is 312 g/mol. The first-order valence-corrected chi connectivity index (χ1v) is 8.43. The first-order valence-electron chi connectivity index (χ1n) is 7.67. The lowest BCUT2D eigenvalue weighted by Gasteiger charge is -2.38. The highest BCUT2D eigenvalue weighted by Gasteiger charge is 2.37. The fraction of sp³-hybridized carbons (Fsp3) is 0.688. The number of hydrogen-bond acceptors (Lipinski definition) is 2. The third-order valence-electron chi connectivity index (χ3n) is 5.20. The van der Waals surface area contributed by atoms with Crippen LogP contribution in [0.2, 0.25) is 10.3 Å². The van der Waals surface area contributed by atoms with Crippen molar-refractivity contribution in [2.24, 2.45) is 5.41 Å². The van der Waals surface area contributed by atoms with Gasteiger partial charge >= 0.3 is 0 Å². The summed E-state index contributed by atoms with van der Waals surface area (Å²) in [5, 5.41) is 4.56. The van der Waals surface area contributed by atoms with Crippen LogP contribution in [0.1, 0.15) is 56.9 Å². The third-order valence-corrected chi connectivity index (χ3v) is 5.67. The van der Waals surface area contributed by atoms with E-state index >= 15 is 0 Å². The molecule has 0 saturated heterocycles. The standard InChI is InChI=1S/C16H22Cl2N2/c1-11-10-13(17)20-15(18)14(11)19-12-4-8-16(9-5-12)6-2-3-7-16/h10,12,19H,2-9H2,1H3. The molecule has 2 aliphatic rings. The van der Waals surface area contributed by atoms with Crippen LogP contribution in [0.5, 0.6) is 0 Å². The molecule has 110 valence electrons. The third kappa shape index (κ3) is 2.92. The molecule has 0 unspecified atom stereocenters. The molecule has 1 spiro atoms. The predicted octanol–water partition coefficient (Wildman–Crippen LogP) is 5.61. The van der Waals surface area contributed by atoms with Crippen LogP contribution in [0.15, 0.2) is 6.07 Å². The minimum Gasteiger partial charge on any atom is -0.380 e. The Hall–Kier alpha value is -0.470. The van der Waals surface area contributed by atoms with Gasteiger partial charge in [-0.15, -0.1) is 0 Å². The number of rotatable bonds is 2. The Morgan fingerprint density at radius 3 is 2.40 bits per heavy atom. The molecular weight excluding hydrogens is 291 g/mol. The highest BCUT2D eigenvalue weighted by Crippen LogP contribution is 2.49. The molecule has 0 radical (unpaired) electrons. The molecule has 3 rings (SSSR count). The Morgan fingerprint density at radius 1 is 1.15 bits per heavy atom. The molecule has 1 heterocycles. The van der Waals surface area contributed by atoms with Gasteiger partial charge in [-0.1, -0.05) is 36.0 Å². The van der Waals surface area contributed by atoms with E-state index in [0.717, 1.165) is 11.3 Å². The molecule has 2 aliphatic carbocycles. The number of pyridine rings is 1. The van der Waals surface area contributed by atoms with Gasteiger partial charge in [-0.05, 0) is 62.5 Å². The molecule has 20 heavy (non-hydrogen) atoms. The van der Waals surface area contributed by atoms with Gasteiger partial charge in [-0.3, -0.25) is 0 Å². The van der Waals surface area contributed by atoms with Gasteiger partial charge in [0.05, 0.1) is 5.69 Å². The lowest BCUT2D eigenvalue weighted by Crippen LogP contribution is -2.32. The van der Waals surface area contributed by atoms with Crippen molar-refractivity contribution in [2.45, 2.75) is 64.3 Å². The van der Waals surface area contributed by atoms with Gasteiger partial charge in [0.2, 0.25) is 0 Å². The maximum Gasteiger partial charge on any atom is 0.154 e. The molecule has 0 amide bonds. The van der Waals surface area contributed by atoms with Crippen LogP contribution in [0.25, 0.3) is 0 Å². The zero-order valence-corrected chi connectivity index (χ0v) is 13.5. The summed E-state index contributed by atoms with van der Waals surface area (Å²) in [4.78, 5) is 4.14. The average molecular weight is 313 g/mol. The quantitative estimate of drug-likeness (QED) is 0.718. The van der Waals surface area contributed by atoms with Crippen molar-refractivity contribution in [1.82, 2.24) is 4.98 Å². The van der Waals surface area contributed by atoms with Gasteiger partial charge in [0.15, 0.2) is 5.15 Å². The van der Waals surface area contributed by atoms with Crippen molar-refractivity contribution in [2.75, 3.05) is 5.32 Å². The number of halogens is 2. The van der Waals surface area contributed by atoms with Crippen molar-refractivity contribution in [3.63, 3.8) is 0 Å². The first kappa shape index (κ1) is 14.5. The molecule has 0 aromatic carbocycles. The number of aryl methyl sites for hydroxylation is 1. The summed E-state index contributed by atoms with van der Waals surface area (Å²) < 4.78 is 0. The van der Waals surface area contributed by atoms with Crippen LogP contribution in [0.3, 0.4) is 0 Å². The second-order valence-corrected chi connectivity index (χ2v) is 7.30. The van der Waals surface area contributed by atoms with E-state index < -0.39 is 0 Å². The molecular formula is C16H22Cl2N2. The second kappa shape index (κ2) is 5.73. The van der Waals surface area contributed by atoms with Gasteiger partial charge in [0.25, 0.3) is 0 Å². The number of hydrogen-bond donors (Lipinski definition) is 1. The summed E-state index contributed by atoms with van der Waals surface area (Å²) in [5.41, 5.74) is 2.72. The van der Waals surface area contributed by atoms with Gasteiger partial charge < -0.3 is 5.32 Å². The summed E-state index contributed by atoms with van der Waals surface area (Å²) in [6, 6.07) is 2.40. The summed E-state index contributed by atoms with van der Waals surface area (Å²) >= 11 is 12.1. The van der Waals surface area contributed by atoms with Gasteiger partial charge in [-0.2, -0.15) is 0 Å². The Bertz CT molecular complexity index is 462. The average Bonchev–Trinajstić information content (AvgIpc) is 2.85. The van der Waals surface area contributed by atoms with E-state index in [0.29, 0.717) is 21.8 Å². The fourth-order valence-electron chi connectivity index (χ4n) is 3.97. The van der Waals surface area contributed by atoms with E-state index in [1.54, 1.807) is 0 Å². The summed E-state index contributed by atoms with van der Waals surface area (Å²) in [6.07, 6.45) is 11.0. The van der Waals surface area contributed by atoms with Crippen LogP contribution in [0.4, 0.5) is 5.69 Å². The van der Waals surface area contributed by atoms with E-state index in [-0.39, 0.29) is 0 Å². The molecule has 0 bridgehead atoms. The van der Waals surface area contributed by atoms with E-state index in [9.17, 15) is 0 Å². The van der Waals surface area contributed by atoms with Crippen molar-refractivity contribution in [3.8, 4) is 0 Å². The molecule has 0 aliphatic heterocycles. The van der Waals surface area contributed by atoms with Crippen LogP contribution in [0, 0.1) is 12.3 Å². The maximum atomic E-state index is 6.22. The number of aromatic nitrogens is 1. The normalized spacial score (nSPS) is 22.4. The van der Waals surface area contributed by atoms with Crippen molar-refractivity contribution >= 4 is 28.9 Å². The molecule has 0 atom stereocenters. The van der Waals surface area contributed by atoms with Crippen LogP contribution < -0.4 is 5.32 Å². The Kier molecular flexibility index (Phi) is 4.14. The smallest absolute Gasteiger partial charge is 0.154 e. The zero-order valence-electron chi connectivity index (χ0n) is 12.0. The molecule has 2 nitrogen and oxygen atoms in total. The number of nitrogens with one attached hydrogen (secondary N) is 1. The van der Waals surface area contributed by atoms with E-state index in [1.807, 2.05) is 13.0 Å². The Balaban J connectivity index is 1.65. The summed E-state index contributed by atoms with van der Waals surface area (Å²) in [7, 11) is 0. The van der Waals surface area contributed by atoms with E-state index in [2.05, 4.69) is 10.3 Å². The lowest BCUT2D eigenvalue weighted by molar-refractivity contribution is 0.188. The Labute approximate surface area is 131 Å². The molecule has 2 fully saturated rings. The van der Waals surface area contributed by atoms with Crippen molar-refractivity contribution in [1.29, 1.82) is 0 Å². The second-order valence-electron chi connectivity index (χ2n) is 6.55. The number of anilines is 1. The van der Waals surface area contributed by atoms with Gasteiger partial charge in [0.1, 0.15) is 5.15 Å². The largest absolute Gasteiger partial charge is 0.380 e. The number of nitrogens with zero attached hydrogens (tertiary/aromatic N) is 1. The van der Waals surface area contributed by atoms with Crippen LogP contribution in [-0.2, 0) is 0 Å². The van der Waals surface area contributed by atoms with E-state index in [1.165, 1.54) is 51.4 Å². The summed E-state index contributed by atoms with van der Waals surface area (Å²) in [6.45, 7) is 2.03. The van der Waals surface area contributed by atoms with Crippen LogP contribution in [-0.4, -0.2) is 11.0 Å². The molecule has 1 aromatic rings. The van der Waals surface area contributed by atoms with Crippen molar-refractivity contribution in [3.05, 3.63) is 21.9 Å². The van der Waals surface area contributed by atoms with Gasteiger partial charge in [0, 0.05) is 6.04 Å². The van der Waals surface area contributed by atoms with Gasteiger partial charge in [-0.25, -0.2) is 4.98 Å². The molecule has 1 N–H and O–H groups in total. The summed E-state index contributed by atoms with van der Waals surface area (Å²) in [5.74, 6) is 0.